The minimum atomic E-state index is -0.245. The standard InChI is InChI=1S/C29H30N6O.C28H28N6O/c1-3-27(36)32-25-8-4-6-20(18-25)26-9-5-7-21-19-30-29(34-28(21)26)33-23-12-10-22(11-13-23)31-24-14-16-35(2)17-15-24;1-2-26(35)32-24-7-3-5-19(17-24)25-8-4-6-20-18-30-28(34-27(20)25)33-22-11-9-21(10-12-22)31-23-13-15-29-16-14-23/h3-13,18-19,24,31H,1,14-17H2,2H3,(H,32,36)(H,30,33,34);2-12,17-18,23,29,31H,1,13-16H2,(H,32,35)(H,30,33,34). The number of fused-ring (bicyclic) bond motifs is 2. The van der Waals surface area contributed by atoms with E-state index in [4.69, 9.17) is 9.97 Å². The van der Waals surface area contributed by atoms with Crippen LogP contribution in [0.25, 0.3) is 44.1 Å². The van der Waals surface area contributed by atoms with Gasteiger partial charge in [-0.1, -0.05) is 73.8 Å². The number of nitrogens with one attached hydrogen (secondary N) is 7. The predicted molar refractivity (Wildman–Crippen MR) is 291 cm³/mol. The van der Waals surface area contributed by atoms with Crippen LogP contribution in [0.1, 0.15) is 25.7 Å². The topological polar surface area (TPSA) is 173 Å². The Hall–Kier alpha value is -8.46. The van der Waals surface area contributed by atoms with Crippen molar-refractivity contribution in [2.24, 2.45) is 0 Å². The van der Waals surface area contributed by atoms with Gasteiger partial charge in [-0.2, -0.15) is 0 Å². The molecule has 2 amide bonds. The van der Waals surface area contributed by atoms with Crippen LogP contribution in [0.15, 0.2) is 171 Å². The Morgan fingerprint density at radius 3 is 1.42 bits per heavy atom. The van der Waals surface area contributed by atoms with E-state index >= 15 is 0 Å². The van der Waals surface area contributed by atoms with Crippen LogP contribution in [0.5, 0.6) is 0 Å². The molecular formula is C57H58N12O2. The molecule has 0 bridgehead atoms. The second kappa shape index (κ2) is 22.8. The summed E-state index contributed by atoms with van der Waals surface area (Å²) < 4.78 is 0. The Balaban J connectivity index is 0.000000176. The van der Waals surface area contributed by atoms with E-state index in [1.807, 2.05) is 122 Å². The number of carbonyl (C=O) groups is 2. The minimum Gasteiger partial charge on any atom is -0.382 e. The molecule has 7 N–H and O–H groups in total. The van der Waals surface area contributed by atoms with Crippen LogP contribution < -0.4 is 37.2 Å². The van der Waals surface area contributed by atoms with Gasteiger partial charge in [-0.05, 0) is 155 Å². The van der Waals surface area contributed by atoms with Gasteiger partial charge in [0.1, 0.15) is 0 Å². The van der Waals surface area contributed by atoms with Crippen LogP contribution in [0.2, 0.25) is 0 Å². The quantitative estimate of drug-likeness (QED) is 0.0515. The summed E-state index contributed by atoms with van der Waals surface area (Å²) in [6.45, 7) is 11.4. The molecule has 14 nitrogen and oxygen atoms in total. The number of hydrogen-bond acceptors (Lipinski definition) is 12. The number of anilines is 8. The first-order chi connectivity index (χ1) is 34.7. The second-order valence-electron chi connectivity index (χ2n) is 17.7. The summed E-state index contributed by atoms with van der Waals surface area (Å²) in [5.74, 6) is 0.569. The molecule has 358 valence electrons. The largest absolute Gasteiger partial charge is 0.382 e. The molecule has 0 spiro atoms. The van der Waals surface area contributed by atoms with Crippen LogP contribution >= 0.6 is 0 Å². The van der Waals surface area contributed by atoms with Gasteiger partial charge >= 0.3 is 0 Å². The summed E-state index contributed by atoms with van der Waals surface area (Å²) in [4.78, 5) is 44.5. The number of piperidine rings is 2. The molecule has 2 saturated heterocycles. The summed E-state index contributed by atoms with van der Waals surface area (Å²) >= 11 is 0. The van der Waals surface area contributed by atoms with Crippen LogP contribution in [-0.2, 0) is 9.59 Å². The molecule has 0 saturated carbocycles. The smallest absolute Gasteiger partial charge is 0.247 e. The first kappa shape index (κ1) is 47.6. The van der Waals surface area contributed by atoms with Gasteiger partial charge < -0.3 is 42.1 Å². The molecule has 14 heteroatoms. The van der Waals surface area contributed by atoms with E-state index in [0.717, 1.165) is 119 Å². The lowest BCUT2D eigenvalue weighted by molar-refractivity contribution is -0.112. The highest BCUT2D eigenvalue weighted by Gasteiger charge is 2.17. The lowest BCUT2D eigenvalue weighted by Gasteiger charge is -2.30. The maximum absolute atomic E-state index is 11.7. The average Bonchev–Trinajstić information content (AvgIpc) is 3.40. The van der Waals surface area contributed by atoms with Gasteiger partial charge in [-0.25, -0.2) is 19.9 Å². The van der Waals surface area contributed by atoms with E-state index < -0.39 is 0 Å². The molecule has 2 fully saturated rings. The summed E-state index contributed by atoms with van der Waals surface area (Å²) in [6.07, 6.45) is 10.8. The third kappa shape index (κ3) is 12.6. The number of nitrogens with zero attached hydrogens (tertiary/aromatic N) is 5. The molecule has 0 unspecified atom stereocenters. The monoisotopic (exact) mass is 942 g/mol. The van der Waals surface area contributed by atoms with Crippen LogP contribution in [0, 0.1) is 0 Å². The van der Waals surface area contributed by atoms with Gasteiger partial charge in [-0.3, -0.25) is 9.59 Å². The first-order valence-corrected chi connectivity index (χ1v) is 24.0. The Morgan fingerprint density at radius 2 is 0.972 bits per heavy atom. The molecule has 71 heavy (non-hydrogen) atoms. The Kier molecular flexibility index (Phi) is 15.3. The Labute approximate surface area is 414 Å². The second-order valence-corrected chi connectivity index (χ2v) is 17.7. The predicted octanol–water partition coefficient (Wildman–Crippen LogP) is 11.0. The zero-order chi connectivity index (χ0) is 48.9. The van der Waals surface area contributed by atoms with Crippen molar-refractivity contribution in [1.82, 2.24) is 30.2 Å². The zero-order valence-electron chi connectivity index (χ0n) is 39.8. The summed E-state index contributed by atoms with van der Waals surface area (Å²) in [5.41, 5.74) is 11.0. The molecule has 10 rings (SSSR count). The lowest BCUT2D eigenvalue weighted by atomic mass is 10.0. The van der Waals surface area contributed by atoms with Gasteiger partial charge in [0.15, 0.2) is 0 Å². The SMILES string of the molecule is C=CC(=O)Nc1cccc(-c2cccc3cnc(Nc4ccc(NC5CCN(C)CC5)cc4)nc23)c1.C=CC(=O)Nc1cccc(-c2cccc3cnc(Nc4ccc(NC5CCNCC5)cc4)nc23)c1. The van der Waals surface area contributed by atoms with Gasteiger partial charge in [0.25, 0.3) is 0 Å². The van der Waals surface area contributed by atoms with Gasteiger partial charge in [-0.15, -0.1) is 0 Å². The Morgan fingerprint density at radius 1 is 0.549 bits per heavy atom. The van der Waals surface area contributed by atoms with E-state index in [2.05, 4.69) is 96.6 Å². The highest BCUT2D eigenvalue weighted by molar-refractivity contribution is 6.01. The number of benzene rings is 6. The molecule has 4 heterocycles. The highest BCUT2D eigenvalue weighted by Crippen LogP contribution is 2.32. The van der Waals surface area contributed by atoms with Gasteiger partial charge in [0.05, 0.1) is 11.0 Å². The number of likely N-dealkylation sites (tertiary alicyclic amines) is 1. The van der Waals surface area contributed by atoms with E-state index in [0.29, 0.717) is 35.4 Å². The molecule has 2 aliphatic heterocycles. The van der Waals surface area contributed by atoms with Crippen LogP contribution in [0.4, 0.5) is 46.0 Å². The van der Waals surface area contributed by atoms with E-state index in [1.165, 1.54) is 12.2 Å². The maximum atomic E-state index is 11.7. The van der Waals surface area contributed by atoms with Crippen molar-refractivity contribution in [3.8, 4) is 22.3 Å². The third-order valence-corrected chi connectivity index (χ3v) is 12.6. The van der Waals surface area contributed by atoms with Crippen molar-refractivity contribution in [3.63, 3.8) is 0 Å². The number of aromatic nitrogens is 4. The number of hydrogen-bond donors (Lipinski definition) is 7. The number of rotatable bonds is 14. The molecule has 0 radical (unpaired) electrons. The molecule has 2 aliphatic rings. The van der Waals surface area contributed by atoms with Crippen molar-refractivity contribution in [2.75, 3.05) is 65.1 Å². The molecule has 8 aromatic rings. The van der Waals surface area contributed by atoms with Crippen molar-refractivity contribution >= 4 is 79.6 Å². The fraction of sp³-hybridized carbons (Fsp3) is 0.193. The fourth-order valence-corrected chi connectivity index (χ4v) is 8.76. The average molecular weight is 943 g/mol. The van der Waals surface area contributed by atoms with Crippen LogP contribution in [0.3, 0.4) is 0 Å². The number of para-hydroxylation sites is 2. The van der Waals surface area contributed by atoms with Gasteiger partial charge in [0, 0.05) is 80.5 Å². The zero-order valence-corrected chi connectivity index (χ0v) is 39.8. The molecule has 0 aliphatic carbocycles. The minimum absolute atomic E-state index is 0.244. The summed E-state index contributed by atoms with van der Waals surface area (Å²) in [7, 11) is 2.18. The van der Waals surface area contributed by atoms with E-state index in [-0.39, 0.29) is 11.8 Å². The molecule has 6 aromatic carbocycles. The Bertz CT molecular complexity index is 3150. The van der Waals surface area contributed by atoms with E-state index in [1.54, 1.807) is 0 Å². The normalized spacial score (nSPS) is 14.1. The van der Waals surface area contributed by atoms with Crippen molar-refractivity contribution in [2.45, 2.75) is 37.8 Å². The van der Waals surface area contributed by atoms with Crippen molar-refractivity contribution < 1.29 is 9.59 Å². The van der Waals surface area contributed by atoms with E-state index in [9.17, 15) is 9.59 Å². The molecular weight excluding hydrogens is 885 g/mol. The number of amides is 2. The summed E-state index contributed by atoms with van der Waals surface area (Å²) in [6, 6.07) is 44.9. The van der Waals surface area contributed by atoms with Crippen molar-refractivity contribution in [3.05, 3.63) is 171 Å². The number of carbonyl (C=O) groups excluding carboxylic acids is 2. The maximum Gasteiger partial charge on any atom is 0.247 e. The fourth-order valence-electron chi connectivity index (χ4n) is 8.76. The lowest BCUT2D eigenvalue weighted by Crippen LogP contribution is -2.36. The van der Waals surface area contributed by atoms with Gasteiger partial charge in [0.2, 0.25) is 23.7 Å². The molecule has 2 aromatic heterocycles. The summed E-state index contributed by atoms with van der Waals surface area (Å²) in [5, 5.41) is 24.8. The van der Waals surface area contributed by atoms with Crippen LogP contribution in [-0.4, -0.2) is 82.0 Å². The van der Waals surface area contributed by atoms with Crippen molar-refractivity contribution in [1.29, 1.82) is 0 Å². The third-order valence-electron chi connectivity index (χ3n) is 12.6. The molecule has 0 atom stereocenters. The highest BCUT2D eigenvalue weighted by atomic mass is 16.2. The first-order valence-electron chi connectivity index (χ1n) is 24.0.